The van der Waals surface area contributed by atoms with Crippen LogP contribution in [0.15, 0.2) is 30.5 Å². The van der Waals surface area contributed by atoms with E-state index in [-0.39, 0.29) is 5.75 Å². The van der Waals surface area contributed by atoms with Gasteiger partial charge in [-0.3, -0.25) is 4.90 Å². The van der Waals surface area contributed by atoms with Crippen LogP contribution in [0.25, 0.3) is 5.65 Å². The molecule has 6 nitrogen and oxygen atoms in total. The molecule has 1 N–H and O–H groups in total. The van der Waals surface area contributed by atoms with Crippen LogP contribution in [-0.2, 0) is 13.0 Å². The smallest absolute Gasteiger partial charge is 0.160 e. The third kappa shape index (κ3) is 2.29. The van der Waals surface area contributed by atoms with Crippen molar-refractivity contribution in [3.05, 3.63) is 53.0 Å². The van der Waals surface area contributed by atoms with E-state index in [0.29, 0.717) is 17.8 Å². The van der Waals surface area contributed by atoms with Gasteiger partial charge in [-0.15, -0.1) is 0 Å². The SMILES string of the molecule is COc1cc(CN2[C@H]3CC[C@@H]2c2cnc4cc(C)nn4c2C3)ccc1O. The maximum Gasteiger partial charge on any atom is 0.160 e. The molecule has 4 heterocycles. The summed E-state index contributed by atoms with van der Waals surface area (Å²) >= 11 is 0. The summed E-state index contributed by atoms with van der Waals surface area (Å²) < 4.78 is 7.30. The maximum atomic E-state index is 9.83. The van der Waals surface area contributed by atoms with Gasteiger partial charge >= 0.3 is 0 Å². The quantitative estimate of drug-likeness (QED) is 0.787. The number of aromatic hydroxyl groups is 1. The molecule has 2 atom stereocenters. The fourth-order valence-electron chi connectivity index (χ4n) is 4.58. The van der Waals surface area contributed by atoms with Crippen molar-refractivity contribution in [1.29, 1.82) is 0 Å². The normalized spacial score (nSPS) is 21.9. The number of aryl methyl sites for hydroxylation is 1. The number of benzene rings is 1. The Kier molecular flexibility index (Phi) is 3.43. The zero-order chi connectivity index (χ0) is 17.8. The first-order valence-corrected chi connectivity index (χ1v) is 9.10. The van der Waals surface area contributed by atoms with Crippen LogP contribution < -0.4 is 4.74 Å². The lowest BCUT2D eigenvalue weighted by Crippen LogP contribution is -2.38. The third-order valence-corrected chi connectivity index (χ3v) is 5.78. The monoisotopic (exact) mass is 350 g/mol. The molecule has 26 heavy (non-hydrogen) atoms. The Morgan fingerprint density at radius 3 is 3.00 bits per heavy atom. The second-order valence-corrected chi connectivity index (χ2v) is 7.35. The molecule has 2 aromatic heterocycles. The van der Waals surface area contributed by atoms with Crippen molar-refractivity contribution in [1.82, 2.24) is 19.5 Å². The standard InChI is InChI=1S/C20H22N4O2/c1-12-7-20-21-10-15-16-5-4-14(9-17(15)24(20)22-12)23(16)11-13-3-6-18(25)19(8-13)26-2/h3,6-8,10,14,16,25H,4-5,9,11H2,1-2H3/t14-,16+/m0/s1. The number of hydrogen-bond donors (Lipinski definition) is 1. The first-order valence-electron chi connectivity index (χ1n) is 9.10. The van der Waals surface area contributed by atoms with Gasteiger partial charge < -0.3 is 9.84 Å². The largest absolute Gasteiger partial charge is 0.504 e. The Labute approximate surface area is 152 Å². The van der Waals surface area contributed by atoms with E-state index in [1.807, 2.05) is 35.8 Å². The minimum absolute atomic E-state index is 0.184. The molecule has 1 fully saturated rings. The third-order valence-electron chi connectivity index (χ3n) is 5.78. The van der Waals surface area contributed by atoms with E-state index in [0.717, 1.165) is 36.3 Å². The molecule has 6 heteroatoms. The van der Waals surface area contributed by atoms with E-state index in [2.05, 4.69) is 15.0 Å². The summed E-state index contributed by atoms with van der Waals surface area (Å²) in [4.78, 5) is 7.20. The predicted octanol–water partition coefficient (Wildman–Crippen LogP) is 3.01. The van der Waals surface area contributed by atoms with Crippen LogP contribution in [0.1, 0.15) is 41.4 Å². The number of rotatable bonds is 3. The van der Waals surface area contributed by atoms with E-state index in [9.17, 15) is 5.11 Å². The van der Waals surface area contributed by atoms with Crippen molar-refractivity contribution in [2.24, 2.45) is 0 Å². The predicted molar refractivity (Wildman–Crippen MR) is 97.4 cm³/mol. The summed E-state index contributed by atoms with van der Waals surface area (Å²) in [5.41, 5.74) is 5.73. The highest BCUT2D eigenvalue weighted by atomic mass is 16.5. The second kappa shape index (κ2) is 5.71. The Morgan fingerprint density at radius 2 is 2.15 bits per heavy atom. The van der Waals surface area contributed by atoms with Gasteiger partial charge in [-0.2, -0.15) is 5.10 Å². The fourth-order valence-corrected chi connectivity index (χ4v) is 4.58. The molecule has 0 aliphatic carbocycles. The molecule has 1 saturated heterocycles. The number of phenolic OH excluding ortho intramolecular Hbond substituents is 1. The Bertz CT molecular complexity index is 997. The summed E-state index contributed by atoms with van der Waals surface area (Å²) in [5, 5.41) is 14.5. The highest BCUT2D eigenvalue weighted by molar-refractivity contribution is 5.45. The molecule has 1 aromatic carbocycles. The summed E-state index contributed by atoms with van der Waals surface area (Å²) in [6, 6.07) is 8.56. The zero-order valence-electron chi connectivity index (χ0n) is 15.0. The Hall–Kier alpha value is -2.60. The van der Waals surface area contributed by atoms with Gasteiger partial charge in [0, 0.05) is 42.9 Å². The molecule has 2 aliphatic rings. The Morgan fingerprint density at radius 1 is 1.27 bits per heavy atom. The molecule has 2 aliphatic heterocycles. The minimum atomic E-state index is 0.184. The van der Waals surface area contributed by atoms with Gasteiger partial charge in [0.2, 0.25) is 0 Å². The van der Waals surface area contributed by atoms with Crippen molar-refractivity contribution in [2.75, 3.05) is 7.11 Å². The highest BCUT2D eigenvalue weighted by Crippen LogP contribution is 2.44. The lowest BCUT2D eigenvalue weighted by atomic mass is 9.98. The van der Waals surface area contributed by atoms with Crippen molar-refractivity contribution < 1.29 is 9.84 Å². The molecule has 5 rings (SSSR count). The topological polar surface area (TPSA) is 62.9 Å². The Balaban J connectivity index is 1.51. The lowest BCUT2D eigenvalue weighted by Gasteiger charge is -2.36. The van der Waals surface area contributed by atoms with Crippen molar-refractivity contribution >= 4 is 5.65 Å². The van der Waals surface area contributed by atoms with E-state index < -0.39 is 0 Å². The molecular formula is C20H22N4O2. The number of ether oxygens (including phenoxy) is 1. The van der Waals surface area contributed by atoms with Crippen LogP contribution >= 0.6 is 0 Å². The number of hydrogen-bond acceptors (Lipinski definition) is 5. The number of methoxy groups -OCH3 is 1. The van der Waals surface area contributed by atoms with E-state index >= 15 is 0 Å². The molecule has 0 spiro atoms. The summed E-state index contributed by atoms with van der Waals surface area (Å²) in [6.07, 6.45) is 5.39. The summed E-state index contributed by atoms with van der Waals surface area (Å²) in [5.74, 6) is 0.714. The van der Waals surface area contributed by atoms with Gasteiger partial charge in [-0.1, -0.05) is 6.07 Å². The van der Waals surface area contributed by atoms with E-state index in [1.54, 1.807) is 13.2 Å². The first kappa shape index (κ1) is 15.6. The molecule has 134 valence electrons. The summed E-state index contributed by atoms with van der Waals surface area (Å²) in [7, 11) is 1.59. The second-order valence-electron chi connectivity index (χ2n) is 7.35. The molecule has 0 radical (unpaired) electrons. The molecule has 0 unspecified atom stereocenters. The first-order chi connectivity index (χ1) is 12.6. The molecule has 2 bridgehead atoms. The van der Waals surface area contributed by atoms with Crippen LogP contribution in [-0.4, -0.2) is 37.8 Å². The zero-order valence-corrected chi connectivity index (χ0v) is 15.0. The molecule has 3 aromatic rings. The van der Waals surface area contributed by atoms with Gasteiger partial charge in [0.1, 0.15) is 0 Å². The van der Waals surface area contributed by atoms with Crippen LogP contribution in [0.5, 0.6) is 11.5 Å². The average Bonchev–Trinajstić information content (AvgIpc) is 3.14. The highest BCUT2D eigenvalue weighted by Gasteiger charge is 2.41. The number of nitrogens with zero attached hydrogens (tertiary/aromatic N) is 4. The van der Waals surface area contributed by atoms with Crippen molar-refractivity contribution in [2.45, 2.75) is 44.8 Å². The van der Waals surface area contributed by atoms with Crippen LogP contribution in [0, 0.1) is 6.92 Å². The summed E-state index contributed by atoms with van der Waals surface area (Å²) in [6.45, 7) is 2.87. The van der Waals surface area contributed by atoms with Gasteiger partial charge in [-0.25, -0.2) is 9.50 Å². The molecule has 0 amide bonds. The average molecular weight is 350 g/mol. The maximum absolute atomic E-state index is 9.83. The lowest BCUT2D eigenvalue weighted by molar-refractivity contribution is 0.165. The van der Waals surface area contributed by atoms with Crippen LogP contribution in [0.4, 0.5) is 0 Å². The number of phenols is 1. The number of aromatic nitrogens is 3. The van der Waals surface area contributed by atoms with E-state index in [4.69, 9.17) is 4.74 Å². The molecular weight excluding hydrogens is 328 g/mol. The fraction of sp³-hybridized carbons (Fsp3) is 0.400. The minimum Gasteiger partial charge on any atom is -0.504 e. The number of fused-ring (bicyclic) bond motifs is 6. The van der Waals surface area contributed by atoms with Gasteiger partial charge in [0.15, 0.2) is 17.1 Å². The van der Waals surface area contributed by atoms with Gasteiger partial charge in [0.25, 0.3) is 0 Å². The van der Waals surface area contributed by atoms with Crippen LogP contribution in [0.2, 0.25) is 0 Å². The molecule has 0 saturated carbocycles. The van der Waals surface area contributed by atoms with Crippen LogP contribution in [0.3, 0.4) is 0 Å². The van der Waals surface area contributed by atoms with Crippen molar-refractivity contribution in [3.8, 4) is 11.5 Å². The van der Waals surface area contributed by atoms with Gasteiger partial charge in [0.05, 0.1) is 18.5 Å². The van der Waals surface area contributed by atoms with Gasteiger partial charge in [-0.05, 0) is 37.5 Å². The van der Waals surface area contributed by atoms with E-state index in [1.165, 1.54) is 17.7 Å². The van der Waals surface area contributed by atoms with Crippen molar-refractivity contribution in [3.63, 3.8) is 0 Å².